The number of nitrogens with zero attached hydrogens (tertiary/aromatic N) is 2. The van der Waals surface area contributed by atoms with Crippen molar-refractivity contribution in [1.29, 1.82) is 0 Å². The summed E-state index contributed by atoms with van der Waals surface area (Å²) in [6.07, 6.45) is 2.64. The van der Waals surface area contributed by atoms with Gasteiger partial charge in [0.05, 0.1) is 31.1 Å². The van der Waals surface area contributed by atoms with E-state index in [0.29, 0.717) is 6.61 Å². The summed E-state index contributed by atoms with van der Waals surface area (Å²) >= 11 is 0. The first-order valence-corrected chi connectivity index (χ1v) is 7.33. The molecule has 1 rings (SSSR count). The van der Waals surface area contributed by atoms with Crippen molar-refractivity contribution in [2.45, 2.75) is 59.7 Å². The molecule has 0 fully saturated rings. The Morgan fingerprint density at radius 2 is 2.00 bits per heavy atom. The lowest BCUT2D eigenvalue weighted by molar-refractivity contribution is -0.0303. The third kappa shape index (κ3) is 3.73. The molecule has 1 aromatic rings. The molecule has 0 aromatic carbocycles. The van der Waals surface area contributed by atoms with Crippen molar-refractivity contribution in [3.8, 4) is 5.75 Å². The van der Waals surface area contributed by atoms with Crippen LogP contribution in [0, 0.1) is 5.41 Å². The number of hydrogen-bond donors (Lipinski definition) is 1. The molecular formula is C15H29N3O2. The molecule has 2 N–H and O–H groups in total. The molecule has 20 heavy (non-hydrogen) atoms. The highest BCUT2D eigenvalue weighted by Gasteiger charge is 2.35. The van der Waals surface area contributed by atoms with Crippen molar-refractivity contribution in [3.05, 3.63) is 11.9 Å². The van der Waals surface area contributed by atoms with Gasteiger partial charge in [-0.2, -0.15) is 5.10 Å². The van der Waals surface area contributed by atoms with Crippen LogP contribution >= 0.6 is 0 Å². The number of aromatic nitrogens is 2. The smallest absolute Gasteiger partial charge is 0.161 e. The second kappa shape index (κ2) is 7.09. The molecule has 0 aliphatic heterocycles. The van der Waals surface area contributed by atoms with Crippen molar-refractivity contribution >= 4 is 0 Å². The summed E-state index contributed by atoms with van der Waals surface area (Å²) in [7, 11) is 1.65. The largest absolute Gasteiger partial charge is 0.493 e. The highest BCUT2D eigenvalue weighted by atomic mass is 16.5. The Balaban J connectivity index is 3.15. The van der Waals surface area contributed by atoms with Gasteiger partial charge < -0.3 is 15.2 Å². The second-order valence-electron chi connectivity index (χ2n) is 6.09. The van der Waals surface area contributed by atoms with E-state index < -0.39 is 0 Å². The van der Waals surface area contributed by atoms with Crippen LogP contribution in [0.1, 0.15) is 52.8 Å². The number of hydrogen-bond acceptors (Lipinski definition) is 4. The van der Waals surface area contributed by atoms with E-state index in [-0.39, 0.29) is 17.6 Å². The molecule has 0 saturated carbocycles. The Bertz CT molecular complexity index is 410. The first-order chi connectivity index (χ1) is 9.36. The van der Waals surface area contributed by atoms with Crippen LogP contribution in [0.15, 0.2) is 6.20 Å². The maximum absolute atomic E-state index is 6.50. The van der Waals surface area contributed by atoms with Crippen LogP contribution in [0.25, 0.3) is 0 Å². The molecule has 1 heterocycles. The Hall–Kier alpha value is -1.07. The van der Waals surface area contributed by atoms with Gasteiger partial charge in [-0.3, -0.25) is 4.68 Å². The first-order valence-electron chi connectivity index (χ1n) is 7.33. The van der Waals surface area contributed by atoms with E-state index in [1.165, 1.54) is 0 Å². The molecule has 2 atom stereocenters. The van der Waals surface area contributed by atoms with Gasteiger partial charge in [0.1, 0.15) is 0 Å². The van der Waals surface area contributed by atoms with Crippen LogP contribution in [-0.4, -0.2) is 29.6 Å². The third-order valence-electron chi connectivity index (χ3n) is 3.34. The Labute approximate surface area is 122 Å². The monoisotopic (exact) mass is 283 g/mol. The Kier molecular flexibility index (Phi) is 6.02. The van der Waals surface area contributed by atoms with Gasteiger partial charge in [0.15, 0.2) is 5.75 Å². The van der Waals surface area contributed by atoms with Crippen LogP contribution in [0.5, 0.6) is 5.75 Å². The lowest BCUT2D eigenvalue weighted by Crippen LogP contribution is -2.40. The fourth-order valence-electron chi connectivity index (χ4n) is 2.48. The highest BCUT2D eigenvalue weighted by molar-refractivity contribution is 5.29. The standard InChI is InChI=1S/C15H29N3O2/c1-7-9-18-13(11(19-6)10-17-18)12(16)14(20-8-2)15(3,4)5/h10,12,14H,7-9,16H2,1-6H3. The van der Waals surface area contributed by atoms with E-state index in [9.17, 15) is 0 Å². The maximum atomic E-state index is 6.50. The van der Waals surface area contributed by atoms with Crippen molar-refractivity contribution < 1.29 is 9.47 Å². The van der Waals surface area contributed by atoms with Crippen molar-refractivity contribution in [2.24, 2.45) is 11.1 Å². The molecule has 0 aliphatic rings. The van der Waals surface area contributed by atoms with Gasteiger partial charge in [-0.05, 0) is 18.8 Å². The molecule has 0 amide bonds. The highest BCUT2D eigenvalue weighted by Crippen LogP contribution is 2.35. The van der Waals surface area contributed by atoms with E-state index in [2.05, 4.69) is 32.8 Å². The lowest BCUT2D eigenvalue weighted by atomic mass is 9.83. The predicted molar refractivity (Wildman–Crippen MR) is 80.9 cm³/mol. The van der Waals surface area contributed by atoms with E-state index in [0.717, 1.165) is 24.4 Å². The third-order valence-corrected chi connectivity index (χ3v) is 3.34. The minimum absolute atomic E-state index is 0.0538. The lowest BCUT2D eigenvalue weighted by Gasteiger charge is -2.35. The average Bonchev–Trinajstić information content (AvgIpc) is 2.77. The van der Waals surface area contributed by atoms with Crippen LogP contribution in [0.3, 0.4) is 0 Å². The average molecular weight is 283 g/mol. The van der Waals surface area contributed by atoms with Gasteiger partial charge in [-0.1, -0.05) is 27.7 Å². The van der Waals surface area contributed by atoms with Crippen LogP contribution in [-0.2, 0) is 11.3 Å². The summed E-state index contributed by atoms with van der Waals surface area (Å²) in [6, 6.07) is -0.265. The van der Waals surface area contributed by atoms with Gasteiger partial charge >= 0.3 is 0 Å². The molecule has 0 spiro atoms. The van der Waals surface area contributed by atoms with Crippen LogP contribution in [0.2, 0.25) is 0 Å². The fourth-order valence-corrected chi connectivity index (χ4v) is 2.48. The van der Waals surface area contributed by atoms with Crippen molar-refractivity contribution in [1.82, 2.24) is 9.78 Å². The maximum Gasteiger partial charge on any atom is 0.161 e. The normalized spacial score (nSPS) is 15.2. The fraction of sp³-hybridized carbons (Fsp3) is 0.800. The molecule has 2 unspecified atom stereocenters. The number of ether oxygens (including phenoxy) is 2. The SMILES string of the molecule is CCCn1ncc(OC)c1C(N)C(OCC)C(C)(C)C. The Morgan fingerprint density at radius 1 is 1.35 bits per heavy atom. The Morgan fingerprint density at radius 3 is 2.45 bits per heavy atom. The molecular weight excluding hydrogens is 254 g/mol. The molecule has 1 aromatic heterocycles. The summed E-state index contributed by atoms with van der Waals surface area (Å²) < 4.78 is 13.3. The second-order valence-corrected chi connectivity index (χ2v) is 6.09. The zero-order chi connectivity index (χ0) is 15.3. The molecule has 0 radical (unpaired) electrons. The number of nitrogens with two attached hydrogens (primary N) is 1. The van der Waals surface area contributed by atoms with E-state index >= 15 is 0 Å². The first kappa shape index (κ1) is 17.0. The van der Waals surface area contributed by atoms with Gasteiger partial charge in [-0.15, -0.1) is 0 Å². The quantitative estimate of drug-likeness (QED) is 0.836. The summed E-state index contributed by atoms with van der Waals surface area (Å²) in [5.74, 6) is 0.736. The van der Waals surface area contributed by atoms with Crippen LogP contribution < -0.4 is 10.5 Å². The van der Waals surface area contributed by atoms with E-state index in [1.54, 1.807) is 13.3 Å². The molecule has 5 nitrogen and oxygen atoms in total. The van der Waals surface area contributed by atoms with Crippen LogP contribution in [0.4, 0.5) is 0 Å². The zero-order valence-electron chi connectivity index (χ0n) is 13.6. The molecule has 0 aliphatic carbocycles. The number of rotatable bonds is 7. The summed E-state index contributed by atoms with van der Waals surface area (Å²) in [5.41, 5.74) is 7.36. The van der Waals surface area contributed by atoms with E-state index in [1.807, 2.05) is 11.6 Å². The summed E-state index contributed by atoms with van der Waals surface area (Å²) in [6.45, 7) is 12.0. The predicted octanol–water partition coefficient (Wildman–Crippen LogP) is 2.75. The molecule has 116 valence electrons. The summed E-state index contributed by atoms with van der Waals surface area (Å²) in [5, 5.41) is 4.38. The minimum Gasteiger partial charge on any atom is -0.493 e. The summed E-state index contributed by atoms with van der Waals surface area (Å²) in [4.78, 5) is 0. The van der Waals surface area contributed by atoms with Gasteiger partial charge in [0.2, 0.25) is 0 Å². The zero-order valence-corrected chi connectivity index (χ0v) is 13.6. The molecule has 0 bridgehead atoms. The van der Waals surface area contributed by atoms with Crippen molar-refractivity contribution in [2.75, 3.05) is 13.7 Å². The molecule has 0 saturated heterocycles. The van der Waals surface area contributed by atoms with E-state index in [4.69, 9.17) is 15.2 Å². The van der Waals surface area contributed by atoms with Crippen molar-refractivity contribution in [3.63, 3.8) is 0 Å². The number of methoxy groups -OCH3 is 1. The van der Waals surface area contributed by atoms with Gasteiger partial charge in [0, 0.05) is 13.2 Å². The van der Waals surface area contributed by atoms with Gasteiger partial charge in [-0.25, -0.2) is 0 Å². The van der Waals surface area contributed by atoms with Gasteiger partial charge in [0.25, 0.3) is 0 Å². The topological polar surface area (TPSA) is 62.3 Å². The molecule has 5 heteroatoms. The number of aryl methyl sites for hydroxylation is 1. The minimum atomic E-state index is -0.265.